The van der Waals surface area contributed by atoms with Gasteiger partial charge in [0.25, 0.3) is 0 Å². The number of nitrogens with zero attached hydrogens (tertiary/aromatic N) is 1. The molecule has 0 fully saturated rings. The molecule has 4 amide bonds. The molecule has 0 saturated heterocycles. The molecule has 17 heteroatoms. The number of guanidine groups is 1. The van der Waals surface area contributed by atoms with Crippen molar-refractivity contribution < 1.29 is 44.1 Å². The van der Waals surface area contributed by atoms with Gasteiger partial charge in [-0.15, -0.1) is 0 Å². The van der Waals surface area contributed by atoms with Gasteiger partial charge in [0.2, 0.25) is 23.6 Å². The monoisotopic (exact) mass is 518 g/mol. The number of hydrogen-bond acceptors (Lipinski definition) is 9. The van der Waals surface area contributed by atoms with Crippen molar-refractivity contribution in [1.29, 1.82) is 0 Å². The molecule has 0 heterocycles. The Labute approximate surface area is 206 Å². The van der Waals surface area contributed by atoms with E-state index in [1.165, 1.54) is 0 Å². The van der Waals surface area contributed by atoms with Crippen LogP contribution in [0.2, 0.25) is 0 Å². The summed E-state index contributed by atoms with van der Waals surface area (Å²) in [4.78, 5) is 74.9. The second-order valence-corrected chi connectivity index (χ2v) is 7.70. The molecule has 17 nitrogen and oxygen atoms in total. The molecule has 4 atom stereocenters. The van der Waals surface area contributed by atoms with Crippen molar-refractivity contribution in [3.8, 4) is 0 Å². The maximum atomic E-state index is 12.9. The van der Waals surface area contributed by atoms with Gasteiger partial charge in [-0.3, -0.25) is 29.0 Å². The Bertz CT molecular complexity index is 832. The minimum atomic E-state index is -1.58. The van der Waals surface area contributed by atoms with Gasteiger partial charge in [-0.25, -0.2) is 4.79 Å². The number of nitrogens with one attached hydrogen (secondary N) is 3. The second kappa shape index (κ2) is 16.6. The zero-order valence-corrected chi connectivity index (χ0v) is 19.5. The van der Waals surface area contributed by atoms with Crippen molar-refractivity contribution in [2.45, 2.75) is 62.7 Å². The normalized spacial score (nSPS) is 13.8. The number of carbonyl (C=O) groups is 6. The number of hydrogen-bond donors (Lipinski definition) is 10. The van der Waals surface area contributed by atoms with Crippen LogP contribution in [0.3, 0.4) is 0 Å². The third-order valence-electron chi connectivity index (χ3n) is 4.69. The van der Waals surface area contributed by atoms with E-state index in [9.17, 15) is 33.9 Å². The van der Waals surface area contributed by atoms with E-state index < -0.39 is 79.2 Å². The maximum Gasteiger partial charge on any atom is 0.326 e. The van der Waals surface area contributed by atoms with Crippen molar-refractivity contribution >= 4 is 41.5 Å². The highest BCUT2D eigenvalue weighted by Gasteiger charge is 2.30. The van der Waals surface area contributed by atoms with Crippen LogP contribution in [0.4, 0.5) is 0 Å². The Balaban J connectivity index is 5.62. The first-order valence-corrected chi connectivity index (χ1v) is 10.8. The van der Waals surface area contributed by atoms with Gasteiger partial charge in [0.1, 0.15) is 24.2 Å². The molecule has 204 valence electrons. The SMILES string of the molecule is NC(=O)CCC(NC(=O)C(CCCN=C(N)N)NC(=O)C(N)CO)C(=O)NC(CCC(=O)O)C(=O)O. The Morgan fingerprint density at radius 2 is 1.25 bits per heavy atom. The van der Waals surface area contributed by atoms with Crippen LogP contribution < -0.4 is 38.9 Å². The topological polar surface area (TPSA) is 316 Å². The van der Waals surface area contributed by atoms with Crippen LogP contribution in [0.1, 0.15) is 38.5 Å². The number of carbonyl (C=O) groups excluding carboxylic acids is 4. The molecule has 0 aliphatic heterocycles. The molecule has 0 bridgehead atoms. The fraction of sp³-hybridized carbons (Fsp3) is 0.632. The van der Waals surface area contributed by atoms with Gasteiger partial charge < -0.3 is 54.2 Å². The van der Waals surface area contributed by atoms with E-state index in [1.54, 1.807) is 0 Å². The first kappa shape index (κ1) is 32.0. The Kier molecular flexibility index (Phi) is 14.8. The van der Waals surface area contributed by atoms with Crippen molar-refractivity contribution in [2.24, 2.45) is 27.9 Å². The van der Waals surface area contributed by atoms with Crippen LogP contribution in [0.15, 0.2) is 4.99 Å². The van der Waals surface area contributed by atoms with Crippen LogP contribution >= 0.6 is 0 Å². The fourth-order valence-corrected chi connectivity index (χ4v) is 2.76. The molecule has 0 radical (unpaired) electrons. The molecule has 0 aliphatic carbocycles. The quantitative estimate of drug-likeness (QED) is 0.0463. The highest BCUT2D eigenvalue weighted by Crippen LogP contribution is 2.06. The van der Waals surface area contributed by atoms with Crippen LogP contribution in [0.25, 0.3) is 0 Å². The van der Waals surface area contributed by atoms with Crippen LogP contribution in [-0.2, 0) is 28.8 Å². The van der Waals surface area contributed by atoms with E-state index >= 15 is 0 Å². The number of nitrogens with two attached hydrogens (primary N) is 4. The van der Waals surface area contributed by atoms with Crippen LogP contribution in [0.5, 0.6) is 0 Å². The van der Waals surface area contributed by atoms with E-state index in [0.29, 0.717) is 0 Å². The Morgan fingerprint density at radius 1 is 0.750 bits per heavy atom. The molecule has 0 spiro atoms. The summed E-state index contributed by atoms with van der Waals surface area (Å²) < 4.78 is 0. The molecule has 0 rings (SSSR count). The molecule has 4 unspecified atom stereocenters. The molecule has 0 aromatic heterocycles. The van der Waals surface area contributed by atoms with Gasteiger partial charge in [-0.05, 0) is 25.7 Å². The van der Waals surface area contributed by atoms with E-state index in [0.717, 1.165) is 0 Å². The second-order valence-electron chi connectivity index (χ2n) is 7.70. The lowest BCUT2D eigenvalue weighted by Gasteiger charge is -2.25. The third kappa shape index (κ3) is 13.7. The largest absolute Gasteiger partial charge is 0.481 e. The van der Waals surface area contributed by atoms with Crippen molar-refractivity contribution in [2.75, 3.05) is 13.2 Å². The van der Waals surface area contributed by atoms with Gasteiger partial charge in [-0.2, -0.15) is 0 Å². The number of rotatable bonds is 18. The number of aliphatic hydroxyl groups is 1. The standard InChI is InChI=1S/C19H34N8O9/c20-9(8-28)15(32)25-10(2-1-7-24-19(22)23)16(33)26-11(3-5-13(21)29)17(34)27-12(18(35)36)4-6-14(30)31/h9-12,28H,1-8,20H2,(H2,21,29)(H,25,32)(H,26,33)(H,27,34)(H,30,31)(H,35,36)(H4,22,23,24). The van der Waals surface area contributed by atoms with Crippen molar-refractivity contribution in [3.63, 3.8) is 0 Å². The summed E-state index contributed by atoms with van der Waals surface area (Å²) in [6.07, 6.45) is -1.48. The fourth-order valence-electron chi connectivity index (χ4n) is 2.76. The summed E-state index contributed by atoms with van der Waals surface area (Å²) in [6.45, 7) is -0.603. The van der Waals surface area contributed by atoms with E-state index in [4.69, 9.17) is 33.1 Å². The summed E-state index contributed by atoms with van der Waals surface area (Å²) in [5, 5.41) is 33.9. The van der Waals surface area contributed by atoms with Crippen molar-refractivity contribution in [1.82, 2.24) is 16.0 Å². The smallest absolute Gasteiger partial charge is 0.326 e. The number of carboxylic acids is 2. The van der Waals surface area contributed by atoms with E-state index in [1.807, 2.05) is 0 Å². The number of amides is 4. The van der Waals surface area contributed by atoms with Gasteiger partial charge >= 0.3 is 11.9 Å². The average molecular weight is 519 g/mol. The number of carboxylic acid groups (broad SMARTS) is 2. The summed E-state index contributed by atoms with van der Waals surface area (Å²) in [5.74, 6) is -6.56. The predicted octanol–water partition coefficient (Wildman–Crippen LogP) is -4.97. The molecule has 36 heavy (non-hydrogen) atoms. The maximum absolute atomic E-state index is 12.9. The average Bonchev–Trinajstić information content (AvgIpc) is 2.79. The molecule has 0 aromatic rings. The highest BCUT2D eigenvalue weighted by atomic mass is 16.4. The predicted molar refractivity (Wildman–Crippen MR) is 124 cm³/mol. The number of aliphatic imine (C=N–C) groups is 1. The van der Waals surface area contributed by atoms with Gasteiger partial charge in [0.05, 0.1) is 6.61 Å². The lowest BCUT2D eigenvalue weighted by atomic mass is 10.1. The summed E-state index contributed by atoms with van der Waals surface area (Å²) >= 11 is 0. The molecule has 0 aliphatic rings. The van der Waals surface area contributed by atoms with Gasteiger partial charge in [0.15, 0.2) is 5.96 Å². The zero-order valence-electron chi connectivity index (χ0n) is 19.5. The number of primary amides is 1. The molecular formula is C19H34N8O9. The molecule has 14 N–H and O–H groups in total. The van der Waals surface area contributed by atoms with E-state index in [2.05, 4.69) is 20.9 Å². The van der Waals surface area contributed by atoms with Gasteiger partial charge in [0, 0.05) is 19.4 Å². The number of aliphatic carboxylic acids is 2. The first-order chi connectivity index (χ1) is 16.8. The van der Waals surface area contributed by atoms with Crippen molar-refractivity contribution in [3.05, 3.63) is 0 Å². The number of aliphatic hydroxyl groups excluding tert-OH is 1. The lowest BCUT2D eigenvalue weighted by molar-refractivity contribution is -0.143. The molecule has 0 saturated carbocycles. The molecule has 0 aromatic carbocycles. The lowest BCUT2D eigenvalue weighted by Crippen LogP contribution is -2.57. The zero-order chi connectivity index (χ0) is 27.8. The summed E-state index contributed by atoms with van der Waals surface area (Å²) in [7, 11) is 0. The Hall–Kier alpha value is -3.99. The summed E-state index contributed by atoms with van der Waals surface area (Å²) in [5.41, 5.74) is 21.1. The first-order valence-electron chi connectivity index (χ1n) is 10.8. The summed E-state index contributed by atoms with van der Waals surface area (Å²) in [6, 6.07) is -5.65. The van der Waals surface area contributed by atoms with E-state index in [-0.39, 0.29) is 38.2 Å². The minimum absolute atomic E-state index is 0.0208. The van der Waals surface area contributed by atoms with Crippen LogP contribution in [-0.4, -0.2) is 94.2 Å². The van der Waals surface area contributed by atoms with Crippen LogP contribution in [0, 0.1) is 0 Å². The Morgan fingerprint density at radius 3 is 1.72 bits per heavy atom. The minimum Gasteiger partial charge on any atom is -0.481 e. The highest BCUT2D eigenvalue weighted by molar-refractivity contribution is 5.94. The molecular weight excluding hydrogens is 484 g/mol. The van der Waals surface area contributed by atoms with Gasteiger partial charge in [-0.1, -0.05) is 0 Å². The third-order valence-corrected chi connectivity index (χ3v) is 4.69.